The Hall–Kier alpha value is -4.39. The van der Waals surface area contributed by atoms with Crippen LogP contribution in [0, 0.1) is 0 Å². The zero-order valence-electron chi connectivity index (χ0n) is 79.9. The minimum absolute atomic E-state index is 0. The largest absolute Gasteiger partial charge is 1.00 e. The van der Waals surface area contributed by atoms with Crippen LogP contribution in [0.25, 0.3) is 31.3 Å². The van der Waals surface area contributed by atoms with Gasteiger partial charge in [-0.05, 0) is 69.4 Å². The van der Waals surface area contributed by atoms with Gasteiger partial charge in [-0.1, -0.05) is 228 Å². The molecule has 0 bridgehead atoms. The Kier molecular flexibility index (Phi) is 54.9. The molecule has 49 nitrogen and oxygen atoms in total. The number of nitrogens with zero attached hydrogens (tertiary/aromatic N) is 9. The van der Waals surface area contributed by atoms with Crippen molar-refractivity contribution in [1.82, 2.24) is 0 Å². The molecule has 0 spiro atoms. The van der Waals surface area contributed by atoms with E-state index in [1.807, 2.05) is 0 Å². The molecule has 146 heavy (non-hydrogen) atoms. The molecule has 0 amide bonds. The van der Waals surface area contributed by atoms with Crippen LogP contribution in [0.2, 0.25) is 0 Å². The molecule has 6 saturated heterocycles. The minimum atomic E-state index is -5.94. The summed E-state index contributed by atoms with van der Waals surface area (Å²) >= 11 is 0. The van der Waals surface area contributed by atoms with Gasteiger partial charge in [0.25, 0.3) is 0 Å². The molecule has 0 aliphatic carbocycles. The third kappa shape index (κ3) is 36.9. The summed E-state index contributed by atoms with van der Waals surface area (Å²) in [4.78, 5) is 50.9. The fourth-order valence-electron chi connectivity index (χ4n) is 16.3. The van der Waals surface area contributed by atoms with Crippen molar-refractivity contribution in [3.05, 3.63) is 283 Å². The zero-order valence-corrected chi connectivity index (χ0v) is 94.3. The van der Waals surface area contributed by atoms with Gasteiger partial charge in [0, 0.05) is 14.7 Å². The van der Waals surface area contributed by atoms with Crippen LogP contribution in [0.1, 0.15) is 52.8 Å². The van der Waals surface area contributed by atoms with Crippen molar-refractivity contribution < 1.29 is 364 Å². The molecule has 756 valence electrons. The second-order valence-electron chi connectivity index (χ2n) is 32.5. The molecule has 13 rings (SSSR count). The molecule has 7 aromatic carbocycles. The SMILES string of the molecule is CC(C)O[C@@H]1O[C@@H](C(=O)[O-])[C@@H](O[C@H]2O[C@H](COS(=O)(=O)[O-])[C@@H](O[C@@H]3O[C@@H](C(=O)[O-])[C@@H](O[C@H]4O[C@H](COS(=O)(=O)[O-])[C@@H](O[C@@H]5O[C@@H](C(=O)[O-])[C@@H](O[C@H]6O[C@H](COS(=O)(=O)[O-])[C@@H](OCc7ccccc7)[C@H](OCc7ccccc7)[C@H]6N=[N+]=[N-])[C@H](OCc6ccccc6)[C@H]5O)[C@H](OCc5ccccc5)[C@H]4N=[N+]=[N-])[C@H](OCc4ccccc4)[C@H]3O)[C@H](OCc3ccccc3)[C@H]2N=[N+]=[N-])[C@H](OCc2ccccc2)[C@H]1O.[Na+].[Na+].[Na+].[Na+].[Na+].[Na+]. The van der Waals surface area contributed by atoms with Crippen molar-refractivity contribution in [1.29, 1.82) is 0 Å². The molecular formula is C88H95N9Na6O40S3. The number of carbonyl (C=O) groups excluding carboxylic acids is 3. The van der Waals surface area contributed by atoms with Crippen LogP contribution in [-0.4, -0.2) is 282 Å². The number of hydrogen-bond donors (Lipinski definition) is 3. The number of azide groups is 3. The van der Waals surface area contributed by atoms with E-state index in [2.05, 4.69) is 30.1 Å². The van der Waals surface area contributed by atoms with E-state index in [-0.39, 0.29) is 208 Å². The predicted molar refractivity (Wildman–Crippen MR) is 456 cm³/mol. The zero-order chi connectivity index (χ0) is 99.8. The Balaban J connectivity index is 0.00000481. The first-order valence-corrected chi connectivity index (χ1v) is 47.3. The number of carbonyl (C=O) groups is 3. The van der Waals surface area contributed by atoms with Gasteiger partial charge in [-0.15, -0.1) is 0 Å². The van der Waals surface area contributed by atoms with Crippen molar-refractivity contribution in [2.45, 2.75) is 250 Å². The molecule has 0 saturated carbocycles. The van der Waals surface area contributed by atoms with Crippen molar-refractivity contribution in [3.63, 3.8) is 0 Å². The van der Waals surface area contributed by atoms with Crippen molar-refractivity contribution in [2.75, 3.05) is 19.8 Å². The summed E-state index contributed by atoms with van der Waals surface area (Å²) in [5, 5.41) is 92.0. The van der Waals surface area contributed by atoms with Crippen molar-refractivity contribution >= 4 is 49.1 Å². The molecule has 6 aliphatic heterocycles. The van der Waals surface area contributed by atoms with Gasteiger partial charge < -0.3 is 149 Å². The van der Waals surface area contributed by atoms with Gasteiger partial charge in [0.2, 0.25) is 31.2 Å². The van der Waals surface area contributed by atoms with Gasteiger partial charge in [-0.2, -0.15) is 0 Å². The summed E-state index contributed by atoms with van der Waals surface area (Å²) in [6.07, 6.45) is -61.1. The predicted octanol–water partition coefficient (Wildman–Crippen LogP) is -16.4. The Labute approximate surface area is 970 Å². The quantitative estimate of drug-likeness (QED) is 0.00796. The monoisotopic (exact) mass is 2150 g/mol. The summed E-state index contributed by atoms with van der Waals surface area (Å²) in [6.45, 7) is -4.51. The van der Waals surface area contributed by atoms with E-state index >= 15 is 0 Å². The number of hydrogen-bond acceptors (Lipinski definition) is 43. The fourth-order valence-corrected chi connectivity index (χ4v) is 17.2. The normalized spacial score (nSPS) is 30.3. The van der Waals surface area contributed by atoms with E-state index in [9.17, 15) is 101 Å². The minimum Gasteiger partial charge on any atom is -0.726 e. The number of benzene rings is 7. The van der Waals surface area contributed by atoms with E-state index in [0.29, 0.717) is 27.8 Å². The number of carboxylic acid groups (broad SMARTS) is 3. The van der Waals surface area contributed by atoms with Crippen LogP contribution in [0.5, 0.6) is 0 Å². The van der Waals surface area contributed by atoms with Crippen LogP contribution < -0.4 is 193 Å². The molecule has 58 heteroatoms. The second-order valence-corrected chi connectivity index (χ2v) is 35.7. The molecule has 0 aromatic heterocycles. The summed E-state index contributed by atoms with van der Waals surface area (Å²) in [7, 11) is -17.4. The number of carboxylic acids is 3. The van der Waals surface area contributed by atoms with E-state index in [1.165, 1.54) is 74.5 Å². The summed E-state index contributed by atoms with van der Waals surface area (Å²) in [6, 6.07) is 49.6. The van der Waals surface area contributed by atoms with E-state index in [0.717, 1.165) is 0 Å². The summed E-state index contributed by atoms with van der Waals surface area (Å²) in [5.41, 5.74) is 34.4. The molecule has 7 aromatic rings. The van der Waals surface area contributed by atoms with Crippen LogP contribution in [-0.2, 0) is 194 Å². The molecule has 30 atom stereocenters. The number of ether oxygens (including phenoxy) is 19. The molecular weight excluding hydrogens is 2060 g/mol. The van der Waals surface area contributed by atoms with Crippen LogP contribution in [0.4, 0.5) is 0 Å². The van der Waals surface area contributed by atoms with Gasteiger partial charge in [0.15, 0.2) is 37.7 Å². The standard InChI is InChI=1S/C88H101N9O40S3.6Na/c1-48(2)126-86-62(98)71(120-42-53-32-18-7-19-33-53)74(77(135-86)80(101)102)133-84-60(93-96-90)69(118-40-51-28-14-5-15-29-51)66(57(128-84)46-124-139(110,111)112)131-88-64(100)73(122-44-55-36-22-9-23-37-55)76(79(137-88)82(105)106)134-85-61(94-97-91)70(119-41-52-30-16-6-17-31-52)67(58(129-85)47-125-140(113,114)115)130-87-63(99)72(121-43-54-34-20-8-21-35-54)75(78(136-87)81(103)104)132-83-59(92-95-89)68(117-39-50-26-12-4-13-27-50)65(56(127-83)45-123-138(107,108)109)116-38-49-24-10-3-11-25-49;;;;;;/h3-37,48,56-79,83-88,98-100H,38-47H2,1-2H3,(H,101,102)(H,103,104)(H,105,106)(H,107,108,109)(H,110,111,112)(H,113,114,115);;;;;;/q;6*+1/p-6/t56-,57-,58-,59-,60-,61-,62-,63-,64-,65-,66-,67-,68-,69-,70-,71-,72-,73-,74+,75+,76+,77-,78-,79-,83-,84-,85-,86-,87-,88-;;;;;;/m1....../s1. The first-order valence-electron chi connectivity index (χ1n) is 43.3. The maximum absolute atomic E-state index is 14.3. The second kappa shape index (κ2) is 62.4. The Morgan fingerprint density at radius 1 is 0.308 bits per heavy atom. The van der Waals surface area contributed by atoms with Gasteiger partial charge in [0.05, 0.1) is 90.1 Å². The van der Waals surface area contributed by atoms with Gasteiger partial charge in [-0.3, -0.25) is 12.5 Å². The average Bonchev–Trinajstić information content (AvgIpc) is 0.766. The number of aliphatic carboxylic acids is 3. The molecule has 6 aliphatic rings. The molecule has 0 unspecified atom stereocenters. The third-order valence-corrected chi connectivity index (χ3v) is 23.9. The maximum atomic E-state index is 14.3. The number of aliphatic hydroxyl groups excluding tert-OH is 3. The van der Waals surface area contributed by atoms with E-state index in [1.54, 1.807) is 152 Å². The summed E-state index contributed by atoms with van der Waals surface area (Å²) in [5.74, 6) is -6.53. The van der Waals surface area contributed by atoms with Gasteiger partial charge in [-0.25, -0.2) is 25.3 Å². The maximum Gasteiger partial charge on any atom is 1.00 e. The smallest absolute Gasteiger partial charge is 0.726 e. The van der Waals surface area contributed by atoms with E-state index in [4.69, 9.17) is 103 Å². The van der Waals surface area contributed by atoms with Crippen molar-refractivity contribution in [2.24, 2.45) is 15.3 Å². The molecule has 6 heterocycles. The average molecular weight is 2150 g/mol. The molecule has 6 fully saturated rings. The van der Waals surface area contributed by atoms with Crippen LogP contribution >= 0.6 is 0 Å². The first-order chi connectivity index (χ1) is 67.2. The van der Waals surface area contributed by atoms with Crippen LogP contribution in [0.15, 0.2) is 228 Å². The van der Waals surface area contributed by atoms with Crippen molar-refractivity contribution in [3.8, 4) is 0 Å². The summed E-state index contributed by atoms with van der Waals surface area (Å²) < 4.78 is 248. The Morgan fingerprint density at radius 3 is 0.726 bits per heavy atom. The number of rotatable bonds is 48. The fraction of sp³-hybridized carbons (Fsp3) is 0.489. The van der Waals surface area contributed by atoms with Gasteiger partial charge in [0.1, 0.15) is 146 Å². The first kappa shape index (κ1) is 128. The molecule has 0 radical (unpaired) electrons. The Bertz CT molecular complexity index is 5680. The number of aliphatic hydroxyl groups is 3. The van der Waals surface area contributed by atoms with E-state index < -0.39 is 286 Å². The van der Waals surface area contributed by atoms with Crippen LogP contribution in [0.3, 0.4) is 0 Å². The molecule has 3 N–H and O–H groups in total. The Morgan fingerprint density at radius 2 is 0.507 bits per heavy atom. The third-order valence-electron chi connectivity index (χ3n) is 22.6. The topological polar surface area (TPSA) is 702 Å². The van der Waals surface area contributed by atoms with Gasteiger partial charge >= 0.3 is 177 Å².